The second-order valence-corrected chi connectivity index (χ2v) is 8.02. The van der Waals surface area contributed by atoms with Crippen LogP contribution in [0, 0.1) is 0 Å². The van der Waals surface area contributed by atoms with Gasteiger partial charge in [0.2, 0.25) is 15.9 Å². The number of nitrogens with one attached hydrogen (secondary N) is 1. The summed E-state index contributed by atoms with van der Waals surface area (Å²) in [5, 5.41) is 2.82. The zero-order chi connectivity index (χ0) is 17.2. The molecule has 1 amide bonds. The molecule has 8 heteroatoms. The largest absolute Gasteiger partial charge is 0.490 e. The van der Waals surface area contributed by atoms with Gasteiger partial charge in [-0.15, -0.1) is 0 Å². The molecule has 7 nitrogen and oxygen atoms in total. The molecule has 24 heavy (non-hydrogen) atoms. The molecule has 1 N–H and O–H groups in total. The van der Waals surface area contributed by atoms with Gasteiger partial charge in [-0.2, -0.15) is 4.31 Å². The minimum atomic E-state index is -3.36. The maximum Gasteiger partial charge on any atom is 0.238 e. The van der Waals surface area contributed by atoms with Crippen LogP contribution in [0.15, 0.2) is 18.2 Å². The van der Waals surface area contributed by atoms with Gasteiger partial charge in [0, 0.05) is 19.5 Å². The van der Waals surface area contributed by atoms with E-state index in [2.05, 4.69) is 5.32 Å². The molecule has 0 saturated carbocycles. The predicted octanol–water partition coefficient (Wildman–Crippen LogP) is 0.888. The zero-order valence-electron chi connectivity index (χ0n) is 13.7. The third-order valence-electron chi connectivity index (χ3n) is 4.21. The lowest BCUT2D eigenvalue weighted by Gasteiger charge is -2.21. The van der Waals surface area contributed by atoms with E-state index in [0.717, 1.165) is 18.2 Å². The van der Waals surface area contributed by atoms with E-state index in [1.54, 1.807) is 0 Å². The molecule has 2 heterocycles. The minimum Gasteiger partial charge on any atom is -0.490 e. The van der Waals surface area contributed by atoms with Crippen LogP contribution in [0.1, 0.15) is 24.8 Å². The molecule has 1 unspecified atom stereocenters. The second-order valence-electron chi connectivity index (χ2n) is 6.08. The van der Waals surface area contributed by atoms with Crippen molar-refractivity contribution >= 4 is 15.9 Å². The normalized spacial score (nSPS) is 21.3. The van der Waals surface area contributed by atoms with Crippen LogP contribution < -0.4 is 14.8 Å². The van der Waals surface area contributed by atoms with Crippen LogP contribution in [0.2, 0.25) is 0 Å². The smallest absolute Gasteiger partial charge is 0.238 e. The maximum absolute atomic E-state index is 12.3. The molecule has 1 atom stereocenters. The molecule has 2 aliphatic heterocycles. The third kappa shape index (κ3) is 3.81. The van der Waals surface area contributed by atoms with Gasteiger partial charge in [0.05, 0.1) is 19.5 Å². The highest BCUT2D eigenvalue weighted by Gasteiger charge is 2.36. The summed E-state index contributed by atoms with van der Waals surface area (Å²) in [5.41, 5.74) is 0.886. The number of hydrogen-bond acceptors (Lipinski definition) is 5. The molecule has 1 aromatic rings. The molecule has 0 bridgehead atoms. The first kappa shape index (κ1) is 17.0. The topological polar surface area (TPSA) is 84.9 Å². The zero-order valence-corrected chi connectivity index (χ0v) is 14.5. The van der Waals surface area contributed by atoms with Crippen molar-refractivity contribution in [2.75, 3.05) is 26.0 Å². The van der Waals surface area contributed by atoms with E-state index in [1.165, 1.54) is 4.31 Å². The Morgan fingerprint density at radius 2 is 2.00 bits per heavy atom. The lowest BCUT2D eigenvalue weighted by atomic mass is 10.1. The van der Waals surface area contributed by atoms with Crippen LogP contribution in [0.4, 0.5) is 0 Å². The molecule has 1 saturated heterocycles. The van der Waals surface area contributed by atoms with Crippen molar-refractivity contribution in [2.24, 2.45) is 0 Å². The summed E-state index contributed by atoms with van der Waals surface area (Å²) in [7, 11) is -3.36. The predicted molar refractivity (Wildman–Crippen MR) is 88.5 cm³/mol. The molecule has 1 fully saturated rings. The third-order valence-corrected chi connectivity index (χ3v) is 5.50. The molecule has 0 spiro atoms. The molecule has 0 aliphatic carbocycles. The van der Waals surface area contributed by atoms with Crippen LogP contribution in [0.5, 0.6) is 11.5 Å². The van der Waals surface area contributed by atoms with E-state index in [0.29, 0.717) is 50.6 Å². The number of hydrogen-bond donors (Lipinski definition) is 1. The van der Waals surface area contributed by atoms with E-state index in [-0.39, 0.29) is 5.91 Å². The van der Waals surface area contributed by atoms with E-state index >= 15 is 0 Å². The molecule has 0 aromatic heterocycles. The van der Waals surface area contributed by atoms with E-state index in [4.69, 9.17) is 9.47 Å². The molecule has 132 valence electrons. The van der Waals surface area contributed by atoms with Crippen LogP contribution >= 0.6 is 0 Å². The monoisotopic (exact) mass is 354 g/mol. The van der Waals surface area contributed by atoms with Gasteiger partial charge >= 0.3 is 0 Å². The molecular weight excluding hydrogens is 332 g/mol. The molecule has 1 aromatic carbocycles. The fourth-order valence-corrected chi connectivity index (χ4v) is 4.15. The summed E-state index contributed by atoms with van der Waals surface area (Å²) in [5.74, 6) is 1.13. The van der Waals surface area contributed by atoms with E-state index in [1.807, 2.05) is 18.2 Å². The first-order valence-corrected chi connectivity index (χ1v) is 9.93. The van der Waals surface area contributed by atoms with Gasteiger partial charge in [-0.3, -0.25) is 4.79 Å². The van der Waals surface area contributed by atoms with Gasteiger partial charge in [-0.1, -0.05) is 6.07 Å². The lowest BCUT2D eigenvalue weighted by Crippen LogP contribution is -2.45. The summed E-state index contributed by atoms with van der Waals surface area (Å²) in [6.07, 6.45) is 3.24. The Labute approximate surface area is 142 Å². The van der Waals surface area contributed by atoms with Gasteiger partial charge in [-0.25, -0.2) is 8.42 Å². The number of amides is 1. The van der Waals surface area contributed by atoms with Gasteiger partial charge in [0.25, 0.3) is 0 Å². The number of benzene rings is 1. The fourth-order valence-electron chi connectivity index (χ4n) is 3.02. The van der Waals surface area contributed by atoms with Crippen molar-refractivity contribution < 1.29 is 22.7 Å². The van der Waals surface area contributed by atoms with Crippen LogP contribution in [0.3, 0.4) is 0 Å². The highest BCUT2D eigenvalue weighted by Crippen LogP contribution is 2.30. The van der Waals surface area contributed by atoms with Gasteiger partial charge in [0.15, 0.2) is 11.5 Å². The number of ether oxygens (including phenoxy) is 2. The van der Waals surface area contributed by atoms with Crippen molar-refractivity contribution in [2.45, 2.75) is 31.8 Å². The van der Waals surface area contributed by atoms with Crippen molar-refractivity contribution in [3.63, 3.8) is 0 Å². The van der Waals surface area contributed by atoms with E-state index in [9.17, 15) is 13.2 Å². The number of sulfonamides is 1. The first-order valence-electron chi connectivity index (χ1n) is 8.08. The maximum atomic E-state index is 12.3. The van der Waals surface area contributed by atoms with Crippen LogP contribution in [-0.2, 0) is 21.4 Å². The number of fused-ring (bicyclic) bond motifs is 1. The van der Waals surface area contributed by atoms with Gasteiger partial charge < -0.3 is 14.8 Å². The van der Waals surface area contributed by atoms with Crippen LogP contribution in [-0.4, -0.2) is 50.7 Å². The number of carbonyl (C=O) groups excluding carboxylic acids is 1. The average Bonchev–Trinajstić information content (AvgIpc) is 2.93. The average molecular weight is 354 g/mol. The highest BCUT2D eigenvalue weighted by molar-refractivity contribution is 7.88. The Balaban J connectivity index is 1.63. The summed E-state index contributed by atoms with van der Waals surface area (Å²) < 4.78 is 35.9. The Hall–Kier alpha value is -1.80. The Morgan fingerprint density at radius 1 is 1.25 bits per heavy atom. The summed E-state index contributed by atoms with van der Waals surface area (Å²) in [6.45, 7) is 1.96. The van der Waals surface area contributed by atoms with Gasteiger partial charge in [0.1, 0.15) is 6.04 Å². The fraction of sp³-hybridized carbons (Fsp3) is 0.562. The number of carbonyl (C=O) groups is 1. The van der Waals surface area contributed by atoms with Crippen molar-refractivity contribution in [3.05, 3.63) is 23.8 Å². The minimum absolute atomic E-state index is 0.259. The lowest BCUT2D eigenvalue weighted by molar-refractivity contribution is -0.124. The summed E-state index contributed by atoms with van der Waals surface area (Å²) >= 11 is 0. The van der Waals surface area contributed by atoms with E-state index < -0.39 is 16.1 Å². The Kier molecular flexibility index (Phi) is 4.96. The number of rotatable bonds is 4. The molecule has 2 aliphatic rings. The van der Waals surface area contributed by atoms with Crippen molar-refractivity contribution in [3.8, 4) is 11.5 Å². The van der Waals surface area contributed by atoms with Crippen LogP contribution in [0.25, 0.3) is 0 Å². The summed E-state index contributed by atoms with van der Waals surface area (Å²) in [6, 6.07) is 4.95. The molecule has 0 radical (unpaired) electrons. The highest BCUT2D eigenvalue weighted by atomic mass is 32.2. The SMILES string of the molecule is CS(=O)(=O)N1CCCC1C(=O)NCc1ccc2c(c1)OCCCO2. The van der Waals surface area contributed by atoms with Crippen molar-refractivity contribution in [1.82, 2.24) is 9.62 Å². The van der Waals surface area contributed by atoms with Gasteiger partial charge in [-0.05, 0) is 30.5 Å². The first-order chi connectivity index (χ1) is 11.4. The Bertz CT molecular complexity index is 719. The molecule has 3 rings (SSSR count). The van der Waals surface area contributed by atoms with Crippen molar-refractivity contribution in [1.29, 1.82) is 0 Å². The standard InChI is InChI=1S/C16H22N2O5S/c1-24(20,21)18-7-2-4-13(18)16(19)17-11-12-5-6-14-15(10-12)23-9-3-8-22-14/h5-6,10,13H,2-4,7-9,11H2,1H3,(H,17,19). The number of nitrogens with zero attached hydrogens (tertiary/aromatic N) is 1. The molecular formula is C16H22N2O5S. The Morgan fingerprint density at radius 3 is 2.75 bits per heavy atom. The quantitative estimate of drug-likeness (QED) is 0.868. The summed E-state index contributed by atoms with van der Waals surface area (Å²) in [4.78, 5) is 12.3. The second kappa shape index (κ2) is 6.98.